The lowest BCUT2D eigenvalue weighted by Crippen LogP contribution is -2.06. The SMILES string of the molecule is CC(C)c1oc(-c2ccc(C(C)(F)F)cc2)nc1CI. The summed E-state index contributed by atoms with van der Waals surface area (Å²) in [5.74, 6) is -1.23. The number of alkyl halides is 3. The normalized spacial score (nSPS) is 12.2. The maximum Gasteiger partial charge on any atom is 0.270 e. The zero-order valence-electron chi connectivity index (χ0n) is 11.6. The summed E-state index contributed by atoms with van der Waals surface area (Å²) in [6, 6.07) is 6.08. The van der Waals surface area contributed by atoms with Crippen LogP contribution in [0.15, 0.2) is 28.7 Å². The Morgan fingerprint density at radius 2 is 1.85 bits per heavy atom. The van der Waals surface area contributed by atoms with Crippen LogP contribution in [0.1, 0.15) is 43.7 Å². The van der Waals surface area contributed by atoms with Crippen molar-refractivity contribution in [3.8, 4) is 11.5 Å². The van der Waals surface area contributed by atoms with Crippen molar-refractivity contribution in [1.82, 2.24) is 4.98 Å². The van der Waals surface area contributed by atoms with Gasteiger partial charge >= 0.3 is 0 Å². The molecule has 5 heteroatoms. The lowest BCUT2D eigenvalue weighted by atomic mass is 10.1. The van der Waals surface area contributed by atoms with Crippen LogP contribution in [0.5, 0.6) is 0 Å². The minimum absolute atomic E-state index is 0.00833. The van der Waals surface area contributed by atoms with Crippen molar-refractivity contribution < 1.29 is 13.2 Å². The van der Waals surface area contributed by atoms with E-state index in [1.165, 1.54) is 12.1 Å². The van der Waals surface area contributed by atoms with E-state index in [1.54, 1.807) is 12.1 Å². The summed E-state index contributed by atoms with van der Waals surface area (Å²) in [4.78, 5) is 4.45. The van der Waals surface area contributed by atoms with Gasteiger partial charge in [-0.1, -0.05) is 48.6 Å². The zero-order chi connectivity index (χ0) is 14.9. The number of aromatic nitrogens is 1. The van der Waals surface area contributed by atoms with Crippen molar-refractivity contribution in [3.05, 3.63) is 41.3 Å². The standard InChI is InChI=1S/C15H16F2INO/c1-9(2)13-12(8-18)19-14(20-13)10-4-6-11(7-5-10)15(3,16)17/h4-7,9H,8H2,1-3H3. The maximum absolute atomic E-state index is 13.2. The molecular weight excluding hydrogens is 375 g/mol. The first-order chi connectivity index (χ1) is 9.32. The topological polar surface area (TPSA) is 26.0 Å². The fourth-order valence-electron chi connectivity index (χ4n) is 1.94. The molecule has 2 aromatic rings. The number of hydrogen-bond acceptors (Lipinski definition) is 2. The summed E-state index contributed by atoms with van der Waals surface area (Å²) >= 11 is 2.24. The van der Waals surface area contributed by atoms with Crippen LogP contribution in [0.25, 0.3) is 11.5 Å². The van der Waals surface area contributed by atoms with Crippen LogP contribution in [0.3, 0.4) is 0 Å². The van der Waals surface area contributed by atoms with Gasteiger partial charge in [0, 0.05) is 28.4 Å². The molecule has 0 aliphatic carbocycles. The van der Waals surface area contributed by atoms with Crippen LogP contribution in [0.2, 0.25) is 0 Å². The van der Waals surface area contributed by atoms with E-state index in [9.17, 15) is 8.78 Å². The smallest absolute Gasteiger partial charge is 0.270 e. The van der Waals surface area contributed by atoms with Crippen LogP contribution in [0.4, 0.5) is 8.78 Å². The van der Waals surface area contributed by atoms with Gasteiger partial charge in [0.15, 0.2) is 0 Å². The monoisotopic (exact) mass is 391 g/mol. The van der Waals surface area contributed by atoms with Crippen molar-refractivity contribution in [2.75, 3.05) is 0 Å². The van der Waals surface area contributed by atoms with Crippen LogP contribution in [0, 0.1) is 0 Å². The molecule has 1 aromatic carbocycles. The zero-order valence-corrected chi connectivity index (χ0v) is 13.7. The summed E-state index contributed by atoms with van der Waals surface area (Å²) in [7, 11) is 0. The molecule has 1 heterocycles. The molecule has 20 heavy (non-hydrogen) atoms. The van der Waals surface area contributed by atoms with Gasteiger partial charge < -0.3 is 4.42 Å². The molecule has 0 spiro atoms. The first kappa shape index (κ1) is 15.4. The van der Waals surface area contributed by atoms with Gasteiger partial charge in [-0.05, 0) is 12.1 Å². The minimum atomic E-state index is -2.83. The highest BCUT2D eigenvalue weighted by Gasteiger charge is 2.24. The Balaban J connectivity index is 2.37. The van der Waals surface area contributed by atoms with Gasteiger partial charge in [0.05, 0.1) is 5.69 Å². The Hall–Kier alpha value is -0.980. The van der Waals surface area contributed by atoms with Gasteiger partial charge in [0.2, 0.25) is 5.89 Å². The molecule has 0 amide bonds. The highest BCUT2D eigenvalue weighted by Crippen LogP contribution is 2.31. The molecular formula is C15H16F2INO. The van der Waals surface area contributed by atoms with Crippen LogP contribution in [-0.2, 0) is 10.4 Å². The average Bonchev–Trinajstić information content (AvgIpc) is 2.82. The van der Waals surface area contributed by atoms with E-state index in [0.29, 0.717) is 5.89 Å². The van der Waals surface area contributed by atoms with Gasteiger partial charge in [-0.25, -0.2) is 13.8 Å². The second-order valence-electron chi connectivity index (χ2n) is 5.08. The minimum Gasteiger partial charge on any atom is -0.441 e. The summed E-state index contributed by atoms with van der Waals surface area (Å²) < 4.78 is 32.9. The summed E-state index contributed by atoms with van der Waals surface area (Å²) in [6.45, 7) is 4.97. The summed E-state index contributed by atoms with van der Waals surface area (Å²) in [5.41, 5.74) is 1.63. The second-order valence-corrected chi connectivity index (χ2v) is 5.85. The van der Waals surface area contributed by atoms with Crippen molar-refractivity contribution in [3.63, 3.8) is 0 Å². The molecule has 0 unspecified atom stereocenters. The first-order valence-corrected chi connectivity index (χ1v) is 7.89. The molecule has 0 radical (unpaired) electrons. The van der Waals surface area contributed by atoms with E-state index in [-0.39, 0.29) is 11.5 Å². The Bertz CT molecular complexity index is 585. The molecule has 2 nitrogen and oxygen atoms in total. The fraction of sp³-hybridized carbons (Fsp3) is 0.400. The third-order valence-electron chi connectivity index (χ3n) is 3.02. The van der Waals surface area contributed by atoms with Crippen LogP contribution < -0.4 is 0 Å². The molecule has 0 aliphatic heterocycles. The lowest BCUT2D eigenvalue weighted by Gasteiger charge is -2.10. The fourth-order valence-corrected chi connectivity index (χ4v) is 2.49. The Morgan fingerprint density at radius 3 is 2.25 bits per heavy atom. The number of halogens is 3. The van der Waals surface area contributed by atoms with E-state index in [2.05, 4.69) is 27.6 Å². The van der Waals surface area contributed by atoms with Crippen LogP contribution in [-0.4, -0.2) is 4.98 Å². The Labute approximate surface area is 130 Å². The molecule has 0 aliphatic rings. The molecule has 1 aromatic heterocycles. The number of nitrogens with zero attached hydrogens (tertiary/aromatic N) is 1. The van der Waals surface area contributed by atoms with Crippen molar-refractivity contribution in [2.24, 2.45) is 0 Å². The predicted octanol–water partition coefficient (Wildman–Crippen LogP) is 5.51. The molecule has 0 saturated carbocycles. The van der Waals surface area contributed by atoms with Crippen molar-refractivity contribution >= 4 is 22.6 Å². The van der Waals surface area contributed by atoms with Gasteiger partial charge in [0.25, 0.3) is 5.92 Å². The third-order valence-corrected chi connectivity index (χ3v) is 3.74. The molecule has 0 bridgehead atoms. The number of oxazole rings is 1. The molecule has 0 atom stereocenters. The molecule has 0 saturated heterocycles. The van der Waals surface area contributed by atoms with Crippen molar-refractivity contribution in [1.29, 1.82) is 0 Å². The summed E-state index contributed by atoms with van der Waals surface area (Å²) in [6.07, 6.45) is 0. The van der Waals surface area contributed by atoms with Gasteiger partial charge in [-0.3, -0.25) is 0 Å². The lowest BCUT2D eigenvalue weighted by molar-refractivity contribution is 0.0175. The molecule has 2 rings (SSSR count). The third kappa shape index (κ3) is 3.19. The number of hydrogen-bond donors (Lipinski definition) is 0. The number of rotatable bonds is 4. The van der Waals surface area contributed by atoms with E-state index in [4.69, 9.17) is 4.42 Å². The Morgan fingerprint density at radius 1 is 1.25 bits per heavy atom. The molecule has 0 N–H and O–H groups in total. The maximum atomic E-state index is 13.2. The first-order valence-electron chi connectivity index (χ1n) is 6.37. The molecule has 0 fully saturated rings. The van der Waals surface area contributed by atoms with Crippen LogP contribution >= 0.6 is 22.6 Å². The van der Waals surface area contributed by atoms with Crippen molar-refractivity contribution in [2.45, 2.75) is 37.0 Å². The largest absolute Gasteiger partial charge is 0.441 e. The highest BCUT2D eigenvalue weighted by atomic mass is 127. The highest BCUT2D eigenvalue weighted by molar-refractivity contribution is 14.1. The quantitative estimate of drug-likeness (QED) is 0.507. The number of benzene rings is 1. The van der Waals surface area contributed by atoms with E-state index < -0.39 is 5.92 Å². The van der Waals surface area contributed by atoms with Gasteiger partial charge in [-0.15, -0.1) is 0 Å². The van der Waals surface area contributed by atoms with Gasteiger partial charge in [-0.2, -0.15) is 0 Å². The second kappa shape index (κ2) is 5.79. The molecule has 108 valence electrons. The predicted molar refractivity (Wildman–Crippen MR) is 83.3 cm³/mol. The Kier molecular flexibility index (Phi) is 4.46. The van der Waals surface area contributed by atoms with Gasteiger partial charge in [0.1, 0.15) is 5.76 Å². The van der Waals surface area contributed by atoms with E-state index in [1.807, 2.05) is 13.8 Å². The average molecular weight is 391 g/mol. The van der Waals surface area contributed by atoms with E-state index >= 15 is 0 Å². The van der Waals surface area contributed by atoms with E-state index in [0.717, 1.165) is 28.4 Å². The summed E-state index contributed by atoms with van der Waals surface area (Å²) in [5, 5.41) is 0.